The van der Waals surface area contributed by atoms with E-state index in [1.54, 1.807) is 0 Å². The van der Waals surface area contributed by atoms with Gasteiger partial charge in [0.1, 0.15) is 12.6 Å². The Labute approximate surface area is 179 Å². The molecule has 0 fully saturated rings. The van der Waals surface area contributed by atoms with Gasteiger partial charge >= 0.3 is 12.1 Å². The molecule has 2 aromatic carbocycles. The Morgan fingerprint density at radius 2 is 1.65 bits per heavy atom. The van der Waals surface area contributed by atoms with Gasteiger partial charge in [-0.25, -0.2) is 9.59 Å². The third kappa shape index (κ3) is 5.41. The smallest absolute Gasteiger partial charge is 0.407 e. The maximum absolute atomic E-state index is 12.0. The molecule has 2 amide bonds. The van der Waals surface area contributed by atoms with Crippen LogP contribution in [0.15, 0.2) is 48.5 Å². The summed E-state index contributed by atoms with van der Waals surface area (Å²) >= 11 is 0. The maximum Gasteiger partial charge on any atom is 0.407 e. The number of aliphatic hydroxyl groups is 1. The molecule has 8 nitrogen and oxygen atoms in total. The fraction of sp³-hybridized carbons (Fsp3) is 0.261. The van der Waals surface area contributed by atoms with Gasteiger partial charge in [-0.1, -0.05) is 54.5 Å². The second-order valence-corrected chi connectivity index (χ2v) is 6.86. The fourth-order valence-electron chi connectivity index (χ4n) is 3.47. The molecule has 1 aliphatic carbocycles. The van der Waals surface area contributed by atoms with Crippen molar-refractivity contribution < 1.29 is 29.3 Å². The predicted octanol–water partition coefficient (Wildman–Crippen LogP) is 1.48. The summed E-state index contributed by atoms with van der Waals surface area (Å²) in [5.41, 5.74) is 4.46. The number of nitrogens with one attached hydrogen (secondary N) is 2. The van der Waals surface area contributed by atoms with E-state index >= 15 is 0 Å². The first-order chi connectivity index (χ1) is 15.0. The lowest BCUT2D eigenvalue weighted by molar-refractivity contribution is -0.141. The predicted molar refractivity (Wildman–Crippen MR) is 112 cm³/mol. The number of fused-ring (bicyclic) bond motifs is 3. The van der Waals surface area contributed by atoms with Crippen molar-refractivity contribution in [2.75, 3.05) is 19.8 Å². The molecule has 0 unspecified atom stereocenters. The van der Waals surface area contributed by atoms with Crippen LogP contribution >= 0.6 is 0 Å². The zero-order valence-corrected chi connectivity index (χ0v) is 16.6. The molecule has 0 saturated carbocycles. The summed E-state index contributed by atoms with van der Waals surface area (Å²) in [4.78, 5) is 34.6. The van der Waals surface area contributed by atoms with E-state index in [9.17, 15) is 14.4 Å². The molecule has 0 aromatic heterocycles. The monoisotopic (exact) mass is 422 g/mol. The molecule has 4 N–H and O–H groups in total. The quantitative estimate of drug-likeness (QED) is 0.501. The molecule has 1 atom stereocenters. The fourth-order valence-corrected chi connectivity index (χ4v) is 3.47. The Hall–Kier alpha value is -3.83. The van der Waals surface area contributed by atoms with Gasteiger partial charge in [0.2, 0.25) is 0 Å². The minimum absolute atomic E-state index is 0.0607. The Kier molecular flexibility index (Phi) is 7.25. The highest BCUT2D eigenvalue weighted by molar-refractivity contribution is 5.96. The molecular formula is C23H22N2O6. The second kappa shape index (κ2) is 10.3. The normalized spacial score (nSPS) is 12.5. The van der Waals surface area contributed by atoms with Gasteiger partial charge in [0.15, 0.2) is 0 Å². The number of carbonyl (C=O) groups is 3. The number of amides is 2. The molecule has 31 heavy (non-hydrogen) atoms. The standard InChI is InChI=1S/C23H22N2O6/c26-13-11-20(22(28)29)25-21(27)10-5-12-24-23(30)31-14-19-17-8-3-1-6-15(17)16-7-2-4-9-18(16)19/h1-4,6-9,19-20,26H,11-14H2,(H,24,30)(H,25,27)(H,28,29)/t20-/m1/s1. The van der Waals surface area contributed by atoms with Gasteiger partial charge in [0, 0.05) is 18.9 Å². The lowest BCUT2D eigenvalue weighted by Gasteiger charge is -2.14. The molecule has 2 aromatic rings. The molecule has 0 aliphatic heterocycles. The maximum atomic E-state index is 12.0. The minimum Gasteiger partial charge on any atom is -0.480 e. The summed E-state index contributed by atoms with van der Waals surface area (Å²) in [7, 11) is 0. The van der Waals surface area contributed by atoms with Crippen LogP contribution in [0, 0.1) is 11.8 Å². The van der Waals surface area contributed by atoms with Crippen LogP contribution in [0.3, 0.4) is 0 Å². The molecule has 0 spiro atoms. The first-order valence-corrected chi connectivity index (χ1v) is 9.73. The third-order valence-electron chi connectivity index (χ3n) is 4.89. The van der Waals surface area contributed by atoms with Gasteiger partial charge in [-0.2, -0.15) is 0 Å². The number of carbonyl (C=O) groups excluding carboxylic acids is 2. The molecule has 8 heteroatoms. The Morgan fingerprint density at radius 1 is 1.03 bits per heavy atom. The number of ether oxygens (including phenoxy) is 1. The van der Waals surface area contributed by atoms with E-state index in [-0.39, 0.29) is 32.1 Å². The van der Waals surface area contributed by atoms with Crippen molar-refractivity contribution >= 4 is 18.0 Å². The summed E-state index contributed by atoms with van der Waals surface area (Å²) < 4.78 is 5.35. The van der Waals surface area contributed by atoms with Crippen LogP contribution in [0.25, 0.3) is 11.1 Å². The number of aliphatic carboxylic acids is 1. The largest absolute Gasteiger partial charge is 0.480 e. The van der Waals surface area contributed by atoms with Crippen molar-refractivity contribution in [3.8, 4) is 23.0 Å². The van der Waals surface area contributed by atoms with Crippen LogP contribution in [-0.4, -0.2) is 54.0 Å². The van der Waals surface area contributed by atoms with Crippen LogP contribution in [0.1, 0.15) is 23.5 Å². The van der Waals surface area contributed by atoms with Crippen molar-refractivity contribution in [3.63, 3.8) is 0 Å². The Morgan fingerprint density at radius 3 is 2.23 bits per heavy atom. The van der Waals surface area contributed by atoms with E-state index < -0.39 is 24.0 Å². The van der Waals surface area contributed by atoms with E-state index in [0.717, 1.165) is 22.3 Å². The van der Waals surface area contributed by atoms with Crippen molar-refractivity contribution in [2.24, 2.45) is 0 Å². The van der Waals surface area contributed by atoms with E-state index in [0.29, 0.717) is 0 Å². The highest BCUT2D eigenvalue weighted by atomic mass is 16.5. The summed E-state index contributed by atoms with van der Waals surface area (Å²) in [6.07, 6.45) is -0.791. The SMILES string of the molecule is O=C(C#CCNC(=O)OCC1c2ccccc2-c2ccccc21)N[C@H](CCO)C(=O)O. The molecule has 1 aliphatic rings. The highest BCUT2D eigenvalue weighted by Crippen LogP contribution is 2.44. The zero-order chi connectivity index (χ0) is 22.2. The molecule has 0 heterocycles. The van der Waals surface area contributed by atoms with Gasteiger partial charge in [0.05, 0.1) is 6.54 Å². The number of carboxylic acid groups (broad SMARTS) is 1. The number of hydrogen-bond donors (Lipinski definition) is 4. The number of carboxylic acids is 1. The van der Waals surface area contributed by atoms with Crippen LogP contribution in [0.5, 0.6) is 0 Å². The molecule has 3 rings (SSSR count). The van der Waals surface area contributed by atoms with Crippen molar-refractivity contribution in [1.29, 1.82) is 0 Å². The molecule has 0 saturated heterocycles. The molecular weight excluding hydrogens is 400 g/mol. The summed E-state index contributed by atoms with van der Waals surface area (Å²) in [6.45, 7) is -0.356. The number of alkyl carbamates (subject to hydrolysis) is 1. The van der Waals surface area contributed by atoms with Crippen molar-refractivity contribution in [3.05, 3.63) is 59.7 Å². The number of rotatable bonds is 7. The summed E-state index contributed by atoms with van der Waals surface area (Å²) in [5.74, 6) is 2.49. The van der Waals surface area contributed by atoms with Crippen LogP contribution < -0.4 is 10.6 Å². The van der Waals surface area contributed by atoms with Crippen LogP contribution in [0.2, 0.25) is 0 Å². The summed E-state index contributed by atoms with van der Waals surface area (Å²) in [6, 6.07) is 14.8. The van der Waals surface area contributed by atoms with E-state index in [4.69, 9.17) is 14.9 Å². The molecule has 0 radical (unpaired) electrons. The number of hydrogen-bond acceptors (Lipinski definition) is 5. The Bertz CT molecular complexity index is 994. The minimum atomic E-state index is -1.26. The first kappa shape index (κ1) is 21.9. The average Bonchev–Trinajstić information content (AvgIpc) is 3.09. The zero-order valence-electron chi connectivity index (χ0n) is 16.6. The van der Waals surface area contributed by atoms with Gasteiger partial charge in [-0.05, 0) is 28.2 Å². The van der Waals surface area contributed by atoms with Gasteiger partial charge in [-0.15, -0.1) is 0 Å². The van der Waals surface area contributed by atoms with E-state index in [1.807, 2.05) is 48.5 Å². The van der Waals surface area contributed by atoms with Gasteiger partial charge < -0.3 is 25.6 Å². The van der Waals surface area contributed by atoms with E-state index in [2.05, 4.69) is 22.5 Å². The topological polar surface area (TPSA) is 125 Å². The third-order valence-corrected chi connectivity index (χ3v) is 4.89. The summed E-state index contributed by atoms with van der Waals surface area (Å²) in [5, 5.41) is 22.3. The molecule has 0 bridgehead atoms. The van der Waals surface area contributed by atoms with Gasteiger partial charge in [0.25, 0.3) is 5.91 Å². The highest BCUT2D eigenvalue weighted by Gasteiger charge is 2.28. The second-order valence-electron chi connectivity index (χ2n) is 6.86. The Balaban J connectivity index is 1.49. The lowest BCUT2D eigenvalue weighted by Crippen LogP contribution is -2.40. The lowest BCUT2D eigenvalue weighted by atomic mass is 9.98. The molecule has 160 valence electrons. The van der Waals surface area contributed by atoms with Crippen molar-refractivity contribution in [2.45, 2.75) is 18.4 Å². The van der Waals surface area contributed by atoms with E-state index in [1.165, 1.54) is 0 Å². The van der Waals surface area contributed by atoms with Gasteiger partial charge in [-0.3, -0.25) is 4.79 Å². The van der Waals surface area contributed by atoms with Crippen molar-refractivity contribution in [1.82, 2.24) is 10.6 Å². The number of aliphatic hydroxyl groups excluding tert-OH is 1. The number of benzene rings is 2. The average molecular weight is 422 g/mol. The first-order valence-electron chi connectivity index (χ1n) is 9.73. The van der Waals surface area contributed by atoms with Crippen LogP contribution in [-0.2, 0) is 14.3 Å². The van der Waals surface area contributed by atoms with Crippen LogP contribution in [0.4, 0.5) is 4.79 Å².